The Kier molecular flexibility index (Phi) is 6.62. The zero-order valence-corrected chi connectivity index (χ0v) is 20.7. The van der Waals surface area contributed by atoms with E-state index in [0.717, 1.165) is 29.7 Å². The highest BCUT2D eigenvalue weighted by molar-refractivity contribution is 7.89. The maximum absolute atomic E-state index is 13.4. The van der Waals surface area contributed by atoms with Gasteiger partial charge in [0, 0.05) is 62.6 Å². The summed E-state index contributed by atoms with van der Waals surface area (Å²) < 4.78 is 33.1. The first-order valence-corrected chi connectivity index (χ1v) is 13.4. The summed E-state index contributed by atoms with van der Waals surface area (Å²) in [7, 11) is -2.18. The molecule has 0 N–H and O–H groups in total. The third-order valence-electron chi connectivity index (χ3n) is 6.97. The fourth-order valence-electron chi connectivity index (χ4n) is 5.06. The number of benzene rings is 2. The van der Waals surface area contributed by atoms with Crippen molar-refractivity contribution < 1.29 is 17.9 Å². The summed E-state index contributed by atoms with van der Waals surface area (Å²) in [5.74, 6) is 0.225. The van der Waals surface area contributed by atoms with Gasteiger partial charge >= 0.3 is 0 Å². The van der Waals surface area contributed by atoms with Crippen molar-refractivity contribution in [1.82, 2.24) is 14.2 Å². The number of methoxy groups -OCH3 is 1. The Labute approximate surface area is 206 Å². The van der Waals surface area contributed by atoms with Gasteiger partial charge in [-0.05, 0) is 37.1 Å². The predicted molar refractivity (Wildman–Crippen MR) is 135 cm³/mol. The lowest BCUT2D eigenvalue weighted by Gasteiger charge is -2.39. The smallest absolute Gasteiger partial charge is 0.243 e. The van der Waals surface area contributed by atoms with Crippen molar-refractivity contribution in [3.63, 3.8) is 0 Å². The molecule has 2 aromatic carbocycles. The fourth-order valence-corrected chi connectivity index (χ4v) is 6.61. The molecule has 1 unspecified atom stereocenters. The second kappa shape index (κ2) is 9.83. The van der Waals surface area contributed by atoms with Gasteiger partial charge in [-0.1, -0.05) is 24.3 Å². The molecule has 2 aliphatic heterocycles. The molecule has 3 heterocycles. The lowest BCUT2D eigenvalue weighted by Crippen LogP contribution is -2.53. The van der Waals surface area contributed by atoms with Gasteiger partial charge in [0.1, 0.15) is 5.75 Å². The molecule has 0 bridgehead atoms. The van der Waals surface area contributed by atoms with Crippen LogP contribution in [-0.4, -0.2) is 74.9 Å². The number of piperidine rings is 1. The molecule has 0 radical (unpaired) electrons. The van der Waals surface area contributed by atoms with Gasteiger partial charge in [0.2, 0.25) is 15.9 Å². The Bertz CT molecular complexity index is 1320. The van der Waals surface area contributed by atoms with Crippen LogP contribution in [0.3, 0.4) is 0 Å². The number of nitrogens with zero attached hydrogens (tertiary/aromatic N) is 4. The van der Waals surface area contributed by atoms with Crippen molar-refractivity contribution in [1.29, 1.82) is 0 Å². The van der Waals surface area contributed by atoms with Crippen molar-refractivity contribution in [3.8, 4) is 5.75 Å². The number of carbonyl (C=O) groups is 1. The summed E-state index contributed by atoms with van der Waals surface area (Å²) in [6, 6.07) is 16.6. The molecule has 35 heavy (non-hydrogen) atoms. The highest BCUT2D eigenvalue weighted by Crippen LogP contribution is 2.29. The van der Waals surface area contributed by atoms with Crippen LogP contribution in [0.15, 0.2) is 65.7 Å². The lowest BCUT2D eigenvalue weighted by atomic mass is 9.97. The first-order chi connectivity index (χ1) is 17.0. The van der Waals surface area contributed by atoms with Gasteiger partial charge in [0.15, 0.2) is 0 Å². The van der Waals surface area contributed by atoms with Gasteiger partial charge in [-0.15, -0.1) is 0 Å². The minimum Gasteiger partial charge on any atom is -0.497 e. The third kappa shape index (κ3) is 4.70. The van der Waals surface area contributed by atoms with Crippen LogP contribution >= 0.6 is 0 Å². The van der Waals surface area contributed by atoms with E-state index in [1.54, 1.807) is 18.2 Å². The molecule has 2 fully saturated rings. The van der Waals surface area contributed by atoms with E-state index in [9.17, 15) is 13.2 Å². The van der Waals surface area contributed by atoms with E-state index in [1.807, 2.05) is 35.4 Å². The van der Waals surface area contributed by atoms with E-state index >= 15 is 0 Å². The lowest BCUT2D eigenvalue weighted by molar-refractivity contribution is -0.137. The SMILES string of the molecule is COc1cccc(S(=O)(=O)N2CCCC(C(=O)N3CCN(c4ccnc5ccccc45)CC3)C2)c1. The second-order valence-corrected chi connectivity index (χ2v) is 11.0. The highest BCUT2D eigenvalue weighted by atomic mass is 32.2. The molecule has 2 aliphatic rings. The van der Waals surface area contributed by atoms with Crippen LogP contribution in [-0.2, 0) is 14.8 Å². The molecule has 5 rings (SSSR count). The molecule has 184 valence electrons. The number of carbonyl (C=O) groups excluding carboxylic acids is 1. The van der Waals surface area contributed by atoms with Crippen LogP contribution in [0.1, 0.15) is 12.8 Å². The number of sulfonamides is 1. The number of rotatable bonds is 5. The van der Waals surface area contributed by atoms with Crippen LogP contribution in [0.25, 0.3) is 10.9 Å². The average Bonchev–Trinajstić information content (AvgIpc) is 2.92. The molecule has 8 nitrogen and oxygen atoms in total. The Balaban J connectivity index is 1.25. The summed E-state index contributed by atoms with van der Waals surface area (Å²) in [6.45, 7) is 3.35. The van der Waals surface area contributed by atoms with Gasteiger partial charge in [0.05, 0.1) is 23.4 Å². The number of aromatic nitrogens is 1. The number of para-hydroxylation sites is 1. The number of hydrogen-bond donors (Lipinski definition) is 0. The van der Waals surface area contributed by atoms with Gasteiger partial charge in [-0.3, -0.25) is 9.78 Å². The Hall–Kier alpha value is -3.17. The number of ether oxygens (including phenoxy) is 1. The van der Waals surface area contributed by atoms with E-state index < -0.39 is 10.0 Å². The van der Waals surface area contributed by atoms with E-state index in [0.29, 0.717) is 38.2 Å². The fraction of sp³-hybridized carbons (Fsp3) is 0.385. The van der Waals surface area contributed by atoms with Gasteiger partial charge in [0.25, 0.3) is 0 Å². The van der Waals surface area contributed by atoms with E-state index in [1.165, 1.54) is 17.5 Å². The molecule has 0 saturated carbocycles. The quantitative estimate of drug-likeness (QED) is 0.542. The summed E-state index contributed by atoms with van der Waals surface area (Å²) in [5.41, 5.74) is 2.10. The summed E-state index contributed by atoms with van der Waals surface area (Å²) >= 11 is 0. The predicted octanol–water partition coefficient (Wildman–Crippen LogP) is 2.99. The van der Waals surface area contributed by atoms with Crippen molar-refractivity contribution >= 4 is 32.5 Å². The van der Waals surface area contributed by atoms with Crippen LogP contribution in [0.4, 0.5) is 5.69 Å². The van der Waals surface area contributed by atoms with Crippen LogP contribution in [0.5, 0.6) is 5.75 Å². The second-order valence-electron chi connectivity index (χ2n) is 9.04. The summed E-state index contributed by atoms with van der Waals surface area (Å²) in [5, 5.41) is 1.11. The number of hydrogen-bond acceptors (Lipinski definition) is 6. The van der Waals surface area contributed by atoms with E-state index in [4.69, 9.17) is 4.74 Å². The number of amides is 1. The molecule has 0 spiro atoms. The van der Waals surface area contributed by atoms with Crippen molar-refractivity contribution in [2.24, 2.45) is 5.92 Å². The maximum atomic E-state index is 13.4. The molecule has 1 aromatic heterocycles. The summed E-state index contributed by atoms with van der Waals surface area (Å²) in [4.78, 5) is 22.2. The van der Waals surface area contributed by atoms with Gasteiger partial charge in [-0.2, -0.15) is 4.31 Å². The van der Waals surface area contributed by atoms with Crippen molar-refractivity contribution in [3.05, 3.63) is 60.8 Å². The van der Waals surface area contributed by atoms with Crippen LogP contribution in [0.2, 0.25) is 0 Å². The average molecular weight is 495 g/mol. The maximum Gasteiger partial charge on any atom is 0.243 e. The van der Waals surface area contributed by atoms with Gasteiger partial charge in [-0.25, -0.2) is 8.42 Å². The first kappa shape index (κ1) is 23.6. The molecule has 2 saturated heterocycles. The van der Waals surface area contributed by atoms with E-state index in [-0.39, 0.29) is 23.3 Å². The number of anilines is 1. The summed E-state index contributed by atoms with van der Waals surface area (Å²) in [6.07, 6.45) is 3.20. The molecule has 3 aromatic rings. The molecular formula is C26H30N4O4S. The Morgan fingerprint density at radius 1 is 1.00 bits per heavy atom. The minimum atomic E-state index is -3.69. The normalized spacial score (nSPS) is 19.6. The van der Waals surface area contributed by atoms with Gasteiger partial charge < -0.3 is 14.5 Å². The highest BCUT2D eigenvalue weighted by Gasteiger charge is 2.36. The van der Waals surface area contributed by atoms with Crippen LogP contribution < -0.4 is 9.64 Å². The van der Waals surface area contributed by atoms with Crippen LogP contribution in [0, 0.1) is 5.92 Å². The van der Waals surface area contributed by atoms with Crippen molar-refractivity contribution in [2.75, 3.05) is 51.3 Å². The third-order valence-corrected chi connectivity index (χ3v) is 8.83. The Morgan fingerprint density at radius 2 is 1.80 bits per heavy atom. The van der Waals surface area contributed by atoms with Crippen molar-refractivity contribution in [2.45, 2.75) is 17.7 Å². The minimum absolute atomic E-state index is 0.0507. The zero-order chi connectivity index (χ0) is 24.4. The standard InChI is InChI=1S/C26H30N4O4S/c1-34-21-7-4-8-22(18-21)35(32,33)30-13-5-6-20(19-30)26(31)29-16-14-28(15-17-29)25-11-12-27-24-10-3-2-9-23(24)25/h2-4,7-12,18,20H,5-6,13-17,19H2,1H3. The molecule has 9 heteroatoms. The Morgan fingerprint density at radius 3 is 2.60 bits per heavy atom. The zero-order valence-electron chi connectivity index (χ0n) is 19.8. The molecule has 1 atom stereocenters. The molecular weight excluding hydrogens is 464 g/mol. The van der Waals surface area contributed by atoms with E-state index in [2.05, 4.69) is 16.0 Å². The largest absolute Gasteiger partial charge is 0.497 e. The first-order valence-electron chi connectivity index (χ1n) is 12.0. The molecule has 0 aliphatic carbocycles. The number of fused-ring (bicyclic) bond motifs is 1. The number of pyridine rings is 1. The number of piperazine rings is 1. The molecule has 1 amide bonds. The topological polar surface area (TPSA) is 83.0 Å². The monoisotopic (exact) mass is 494 g/mol.